The SMILES string of the molecule is CN(C)[C@H](CNC(=O)Nc1cccc(NC(=O)C2CC2)c1)c1cccs1. The Balaban J connectivity index is 1.53. The van der Waals surface area contributed by atoms with Crippen molar-refractivity contribution in [3.63, 3.8) is 0 Å². The van der Waals surface area contributed by atoms with Crippen molar-refractivity contribution >= 4 is 34.6 Å². The van der Waals surface area contributed by atoms with Crippen molar-refractivity contribution in [2.45, 2.75) is 18.9 Å². The molecule has 1 atom stereocenters. The zero-order valence-corrected chi connectivity index (χ0v) is 15.8. The molecule has 1 fully saturated rings. The van der Waals surface area contributed by atoms with E-state index in [1.807, 2.05) is 37.7 Å². The van der Waals surface area contributed by atoms with Crippen LogP contribution in [0.5, 0.6) is 0 Å². The summed E-state index contributed by atoms with van der Waals surface area (Å²) in [6, 6.07) is 11.1. The molecule has 26 heavy (non-hydrogen) atoms. The molecule has 0 saturated heterocycles. The van der Waals surface area contributed by atoms with E-state index in [9.17, 15) is 9.59 Å². The molecular formula is C19H24N4O2S. The molecule has 1 aromatic carbocycles. The van der Waals surface area contributed by atoms with E-state index >= 15 is 0 Å². The Hall–Kier alpha value is -2.38. The summed E-state index contributed by atoms with van der Waals surface area (Å²) in [6.07, 6.45) is 1.92. The van der Waals surface area contributed by atoms with Gasteiger partial charge in [0.05, 0.1) is 6.04 Å². The van der Waals surface area contributed by atoms with Gasteiger partial charge in [0.2, 0.25) is 5.91 Å². The number of anilines is 2. The van der Waals surface area contributed by atoms with Crippen molar-refractivity contribution in [1.29, 1.82) is 0 Å². The van der Waals surface area contributed by atoms with E-state index in [2.05, 4.69) is 26.9 Å². The Morgan fingerprint density at radius 3 is 2.50 bits per heavy atom. The first-order chi connectivity index (χ1) is 12.5. The molecule has 2 aromatic rings. The highest BCUT2D eigenvalue weighted by molar-refractivity contribution is 7.10. The number of nitrogens with zero attached hydrogens (tertiary/aromatic N) is 1. The van der Waals surface area contributed by atoms with Crippen molar-refractivity contribution in [3.8, 4) is 0 Å². The third kappa shape index (κ3) is 5.06. The smallest absolute Gasteiger partial charge is 0.319 e. The van der Waals surface area contributed by atoms with Crippen LogP contribution in [-0.4, -0.2) is 37.5 Å². The Kier molecular flexibility index (Phi) is 5.90. The third-order valence-corrected chi connectivity index (χ3v) is 5.26. The van der Waals surface area contributed by atoms with Crippen molar-refractivity contribution in [3.05, 3.63) is 46.7 Å². The van der Waals surface area contributed by atoms with Gasteiger partial charge in [0.1, 0.15) is 0 Å². The van der Waals surface area contributed by atoms with E-state index in [0.29, 0.717) is 17.9 Å². The summed E-state index contributed by atoms with van der Waals surface area (Å²) in [6.45, 7) is 0.511. The van der Waals surface area contributed by atoms with E-state index in [4.69, 9.17) is 0 Å². The summed E-state index contributed by atoms with van der Waals surface area (Å²) in [7, 11) is 3.99. The molecule has 0 spiro atoms. The average molecular weight is 372 g/mol. The highest BCUT2D eigenvalue weighted by atomic mass is 32.1. The van der Waals surface area contributed by atoms with Gasteiger partial charge in [-0.05, 0) is 56.6 Å². The maximum atomic E-state index is 12.2. The maximum absolute atomic E-state index is 12.2. The Morgan fingerprint density at radius 2 is 1.88 bits per heavy atom. The molecule has 7 heteroatoms. The van der Waals surface area contributed by atoms with E-state index in [1.54, 1.807) is 23.5 Å². The highest BCUT2D eigenvalue weighted by Crippen LogP contribution is 2.30. The molecule has 6 nitrogen and oxygen atoms in total. The molecular weight excluding hydrogens is 348 g/mol. The first kappa shape index (κ1) is 18.4. The lowest BCUT2D eigenvalue weighted by molar-refractivity contribution is -0.117. The Bertz CT molecular complexity index is 757. The van der Waals surface area contributed by atoms with Gasteiger partial charge in [-0.25, -0.2) is 4.79 Å². The monoisotopic (exact) mass is 372 g/mol. The molecule has 3 rings (SSSR count). The van der Waals surface area contributed by atoms with Crippen LogP contribution in [0.2, 0.25) is 0 Å². The summed E-state index contributed by atoms with van der Waals surface area (Å²) in [5, 5.41) is 10.7. The van der Waals surface area contributed by atoms with Crippen LogP contribution in [-0.2, 0) is 4.79 Å². The predicted octanol–water partition coefficient (Wildman–Crippen LogP) is 3.52. The Labute approximate surface area is 157 Å². The van der Waals surface area contributed by atoms with Gasteiger partial charge in [0, 0.05) is 28.7 Å². The summed E-state index contributed by atoms with van der Waals surface area (Å²) in [4.78, 5) is 27.4. The molecule has 1 aliphatic rings. The molecule has 0 radical (unpaired) electrons. The molecule has 0 aliphatic heterocycles. The van der Waals surface area contributed by atoms with Crippen LogP contribution in [0, 0.1) is 5.92 Å². The van der Waals surface area contributed by atoms with Crippen molar-refractivity contribution in [2.75, 3.05) is 31.3 Å². The van der Waals surface area contributed by atoms with Gasteiger partial charge in [0.25, 0.3) is 0 Å². The lowest BCUT2D eigenvalue weighted by Gasteiger charge is -2.23. The number of carbonyl (C=O) groups is 2. The number of rotatable bonds is 7. The number of amides is 3. The number of hydrogen-bond acceptors (Lipinski definition) is 4. The van der Waals surface area contributed by atoms with Gasteiger partial charge < -0.3 is 20.9 Å². The predicted molar refractivity (Wildman–Crippen MR) is 106 cm³/mol. The lowest BCUT2D eigenvalue weighted by Crippen LogP contribution is -2.36. The molecule has 0 bridgehead atoms. The second kappa shape index (κ2) is 8.33. The highest BCUT2D eigenvalue weighted by Gasteiger charge is 2.29. The number of urea groups is 1. The molecule has 138 valence electrons. The zero-order chi connectivity index (χ0) is 18.5. The van der Waals surface area contributed by atoms with E-state index in [1.165, 1.54) is 4.88 Å². The first-order valence-electron chi connectivity index (χ1n) is 8.68. The molecule has 1 aromatic heterocycles. The van der Waals surface area contributed by atoms with Crippen LogP contribution in [0.4, 0.5) is 16.2 Å². The van der Waals surface area contributed by atoms with Gasteiger partial charge in [-0.1, -0.05) is 12.1 Å². The summed E-state index contributed by atoms with van der Waals surface area (Å²) in [5.41, 5.74) is 1.35. The lowest BCUT2D eigenvalue weighted by atomic mass is 10.2. The largest absolute Gasteiger partial charge is 0.336 e. The minimum Gasteiger partial charge on any atom is -0.336 e. The number of benzene rings is 1. The summed E-state index contributed by atoms with van der Waals surface area (Å²) < 4.78 is 0. The number of nitrogens with one attached hydrogen (secondary N) is 3. The fourth-order valence-electron chi connectivity index (χ4n) is 2.65. The van der Waals surface area contributed by atoms with Gasteiger partial charge in [0.15, 0.2) is 0 Å². The fraction of sp³-hybridized carbons (Fsp3) is 0.368. The molecule has 1 aliphatic carbocycles. The third-order valence-electron chi connectivity index (χ3n) is 4.29. The van der Waals surface area contributed by atoms with Gasteiger partial charge >= 0.3 is 6.03 Å². The quantitative estimate of drug-likeness (QED) is 0.696. The van der Waals surface area contributed by atoms with E-state index in [-0.39, 0.29) is 23.9 Å². The minimum atomic E-state index is -0.265. The van der Waals surface area contributed by atoms with Crippen LogP contribution in [0.25, 0.3) is 0 Å². The average Bonchev–Trinajstić information content (AvgIpc) is 3.32. The van der Waals surface area contributed by atoms with E-state index in [0.717, 1.165) is 12.8 Å². The Morgan fingerprint density at radius 1 is 1.15 bits per heavy atom. The molecule has 0 unspecified atom stereocenters. The number of likely N-dealkylation sites (N-methyl/N-ethyl adjacent to an activating group) is 1. The minimum absolute atomic E-state index is 0.0522. The second-order valence-electron chi connectivity index (χ2n) is 6.67. The van der Waals surface area contributed by atoms with E-state index < -0.39 is 0 Å². The first-order valence-corrected chi connectivity index (χ1v) is 9.56. The molecule has 1 heterocycles. The standard InChI is InChI=1S/C19H24N4O2S/c1-23(2)16(17-7-4-10-26-17)12-20-19(25)22-15-6-3-5-14(11-15)21-18(24)13-8-9-13/h3-7,10-11,13,16H,8-9,12H2,1-2H3,(H,21,24)(H2,20,22,25)/t16-/m1/s1. The molecule has 3 amide bonds. The molecule has 1 saturated carbocycles. The van der Waals surface area contributed by atoms with Crippen LogP contribution in [0.3, 0.4) is 0 Å². The second-order valence-corrected chi connectivity index (χ2v) is 7.65. The van der Waals surface area contributed by atoms with Crippen molar-refractivity contribution in [2.24, 2.45) is 5.92 Å². The van der Waals surface area contributed by atoms with Crippen molar-refractivity contribution < 1.29 is 9.59 Å². The number of thiophene rings is 1. The van der Waals surface area contributed by atoms with Crippen LogP contribution in [0.1, 0.15) is 23.8 Å². The van der Waals surface area contributed by atoms with Gasteiger partial charge in [-0.3, -0.25) is 4.79 Å². The van der Waals surface area contributed by atoms with Crippen LogP contribution in [0.15, 0.2) is 41.8 Å². The zero-order valence-electron chi connectivity index (χ0n) is 15.0. The summed E-state index contributed by atoms with van der Waals surface area (Å²) in [5.74, 6) is 0.200. The molecule has 3 N–H and O–H groups in total. The topological polar surface area (TPSA) is 73.5 Å². The van der Waals surface area contributed by atoms with Gasteiger partial charge in [-0.15, -0.1) is 11.3 Å². The maximum Gasteiger partial charge on any atom is 0.319 e. The normalized spacial score (nSPS) is 14.7. The number of carbonyl (C=O) groups excluding carboxylic acids is 2. The number of hydrogen-bond donors (Lipinski definition) is 3. The fourth-order valence-corrected chi connectivity index (χ4v) is 3.57. The van der Waals surface area contributed by atoms with Crippen molar-refractivity contribution in [1.82, 2.24) is 10.2 Å². The van der Waals surface area contributed by atoms with Crippen LogP contribution < -0.4 is 16.0 Å². The summed E-state index contributed by atoms with van der Waals surface area (Å²) >= 11 is 1.68. The van der Waals surface area contributed by atoms with Gasteiger partial charge in [-0.2, -0.15) is 0 Å². The van der Waals surface area contributed by atoms with Crippen LogP contribution >= 0.6 is 11.3 Å².